The van der Waals surface area contributed by atoms with Gasteiger partial charge >= 0.3 is 6.03 Å². The Morgan fingerprint density at radius 2 is 1.80 bits per heavy atom. The largest absolute Gasteiger partial charge is 0.341 e. The number of anilines is 1. The normalized spacial score (nSPS) is 14.1. The molecule has 0 saturated carbocycles. The molecule has 1 aliphatic heterocycles. The number of hydrogen-bond acceptors (Lipinski definition) is 4. The molecule has 0 bridgehead atoms. The van der Waals surface area contributed by atoms with Crippen LogP contribution in [0.5, 0.6) is 0 Å². The fourth-order valence-corrected chi connectivity index (χ4v) is 3.55. The molecule has 3 aromatic rings. The molecular weight excluding hydrogens is 477 g/mol. The Bertz CT molecular complexity index is 1400. The highest BCUT2D eigenvalue weighted by atomic mass is 19.3. The summed E-state index contributed by atoms with van der Waals surface area (Å²) in [6.07, 6.45) is -2.25. The molecule has 0 atom stereocenters. The van der Waals surface area contributed by atoms with Gasteiger partial charge in [-0.15, -0.1) is 0 Å². The molecule has 0 unspecified atom stereocenters. The van der Waals surface area contributed by atoms with E-state index in [0.29, 0.717) is 23.2 Å². The molecule has 1 fully saturated rings. The van der Waals surface area contributed by atoms with E-state index in [4.69, 9.17) is 0 Å². The Labute approximate surface area is 194 Å². The van der Waals surface area contributed by atoms with Crippen molar-refractivity contribution in [2.24, 2.45) is 0 Å². The van der Waals surface area contributed by atoms with Crippen LogP contribution in [-0.2, 0) is 0 Å². The zero-order valence-electron chi connectivity index (χ0n) is 18.3. The van der Waals surface area contributed by atoms with E-state index in [9.17, 15) is 36.3 Å². The smallest absolute Gasteiger partial charge is 0.323 e. The van der Waals surface area contributed by atoms with Crippen LogP contribution >= 0.6 is 0 Å². The number of alkyl halides is 2. The lowest BCUT2D eigenvalue weighted by atomic mass is 10.1. The first-order valence-corrected chi connectivity index (χ1v) is 10.3. The van der Waals surface area contributed by atoms with Crippen LogP contribution in [-0.4, -0.2) is 46.5 Å². The number of urea groups is 1. The predicted octanol–water partition coefficient (Wildman–Crippen LogP) is 3.11. The molecular formula is C22H18F5N5O3. The molecule has 13 heteroatoms. The Morgan fingerprint density at radius 3 is 2.37 bits per heavy atom. The third kappa shape index (κ3) is 4.29. The first-order chi connectivity index (χ1) is 16.4. The molecule has 0 radical (unpaired) electrons. The summed E-state index contributed by atoms with van der Waals surface area (Å²) in [6, 6.07) is 2.77. The molecule has 35 heavy (non-hydrogen) atoms. The second-order valence-corrected chi connectivity index (χ2v) is 8.36. The molecule has 3 heterocycles. The fraction of sp³-hybridized carbons (Fsp3) is 0.273. The molecule has 8 nitrogen and oxygen atoms in total. The average molecular weight is 495 g/mol. The lowest BCUT2D eigenvalue weighted by Crippen LogP contribution is -2.50. The van der Waals surface area contributed by atoms with Crippen molar-refractivity contribution in [1.82, 2.24) is 20.2 Å². The monoisotopic (exact) mass is 495 g/mol. The van der Waals surface area contributed by atoms with Gasteiger partial charge in [0.2, 0.25) is 5.43 Å². The quantitative estimate of drug-likeness (QED) is 0.532. The molecule has 1 saturated heterocycles. The first kappa shape index (κ1) is 24.1. The van der Waals surface area contributed by atoms with Crippen LogP contribution in [0.15, 0.2) is 35.3 Å². The number of aromatic nitrogens is 2. The van der Waals surface area contributed by atoms with Crippen molar-refractivity contribution >= 4 is 28.8 Å². The van der Waals surface area contributed by atoms with Crippen molar-refractivity contribution in [1.29, 1.82) is 0 Å². The molecule has 0 aliphatic carbocycles. The number of pyridine rings is 2. The first-order valence-electron chi connectivity index (χ1n) is 10.3. The van der Waals surface area contributed by atoms with Crippen molar-refractivity contribution in [3.63, 3.8) is 0 Å². The summed E-state index contributed by atoms with van der Waals surface area (Å²) in [7, 11) is 0. The number of rotatable bonds is 5. The third-order valence-electron chi connectivity index (χ3n) is 5.42. The number of benzene rings is 1. The van der Waals surface area contributed by atoms with Gasteiger partial charge in [0.25, 0.3) is 12.3 Å². The SMILES string of the molecule is CC(C)(NC(=O)c1cn(-c2c(F)cc(F)cc2F)c2nc(N3CCNC3=O)ccc2c1=O)C(F)F. The summed E-state index contributed by atoms with van der Waals surface area (Å²) in [5.41, 5.74) is -4.90. The van der Waals surface area contributed by atoms with Gasteiger partial charge in [0.05, 0.1) is 10.9 Å². The van der Waals surface area contributed by atoms with Gasteiger partial charge < -0.3 is 10.6 Å². The maximum absolute atomic E-state index is 14.7. The lowest BCUT2D eigenvalue weighted by molar-refractivity contribution is 0.0447. The molecule has 0 spiro atoms. The zero-order valence-corrected chi connectivity index (χ0v) is 18.3. The topological polar surface area (TPSA) is 96.3 Å². The molecule has 184 valence electrons. The van der Waals surface area contributed by atoms with E-state index in [1.165, 1.54) is 17.0 Å². The number of nitrogens with one attached hydrogen (secondary N) is 2. The summed E-state index contributed by atoms with van der Waals surface area (Å²) in [6.45, 7) is 2.60. The fourth-order valence-electron chi connectivity index (χ4n) is 3.55. The molecule has 1 aliphatic rings. The van der Waals surface area contributed by atoms with E-state index in [0.717, 1.165) is 20.0 Å². The van der Waals surface area contributed by atoms with E-state index in [1.54, 1.807) is 0 Å². The minimum absolute atomic E-state index is 0.0413. The number of fused-ring (bicyclic) bond motifs is 1. The van der Waals surface area contributed by atoms with Crippen LogP contribution in [0.25, 0.3) is 16.7 Å². The van der Waals surface area contributed by atoms with Crippen molar-refractivity contribution in [2.75, 3.05) is 18.0 Å². The number of halogens is 5. The van der Waals surface area contributed by atoms with Crippen LogP contribution in [0.2, 0.25) is 0 Å². The Kier molecular flexibility index (Phi) is 5.95. The highest BCUT2D eigenvalue weighted by molar-refractivity contribution is 5.98. The number of carbonyl (C=O) groups excluding carboxylic acids is 2. The molecule has 1 aromatic carbocycles. The van der Waals surface area contributed by atoms with Crippen molar-refractivity contribution in [3.05, 3.63) is 63.7 Å². The minimum atomic E-state index is -2.99. The number of hydrogen-bond donors (Lipinski definition) is 2. The standard InChI is InChI=1S/C22H18F5N5O3/c1-22(2,20(26)27)30-19(34)12-9-32(16-13(24)7-10(23)8-14(16)25)18-11(17(12)33)3-4-15(29-18)31-6-5-28-21(31)35/h3-4,7-9,20H,5-6H2,1-2H3,(H,28,35)(H,30,34). The van der Waals surface area contributed by atoms with Gasteiger partial charge in [-0.25, -0.2) is 31.7 Å². The van der Waals surface area contributed by atoms with Gasteiger partial charge in [0.1, 0.15) is 22.9 Å². The molecule has 4 rings (SSSR count). The molecule has 3 amide bonds. The van der Waals surface area contributed by atoms with Gasteiger partial charge in [-0.1, -0.05) is 0 Å². The van der Waals surface area contributed by atoms with Gasteiger partial charge in [0, 0.05) is 31.4 Å². The summed E-state index contributed by atoms with van der Waals surface area (Å²) in [5, 5.41) is 4.29. The molecule has 2 N–H and O–H groups in total. The second-order valence-electron chi connectivity index (χ2n) is 8.36. The van der Waals surface area contributed by atoms with Crippen molar-refractivity contribution < 1.29 is 31.5 Å². The predicted molar refractivity (Wildman–Crippen MR) is 116 cm³/mol. The average Bonchev–Trinajstić information content (AvgIpc) is 3.19. The summed E-state index contributed by atoms with van der Waals surface area (Å²) in [5.74, 6) is -5.15. The Morgan fingerprint density at radius 1 is 1.14 bits per heavy atom. The van der Waals surface area contributed by atoms with Gasteiger partial charge in [-0.3, -0.25) is 19.1 Å². The summed E-state index contributed by atoms with van der Waals surface area (Å²) >= 11 is 0. The zero-order chi connectivity index (χ0) is 25.7. The van der Waals surface area contributed by atoms with Gasteiger partial charge in [-0.05, 0) is 26.0 Å². The highest BCUT2D eigenvalue weighted by Crippen LogP contribution is 2.26. The lowest BCUT2D eigenvalue weighted by Gasteiger charge is -2.25. The maximum atomic E-state index is 14.7. The number of amides is 3. The number of nitrogens with zero attached hydrogens (tertiary/aromatic N) is 3. The van der Waals surface area contributed by atoms with E-state index >= 15 is 0 Å². The highest BCUT2D eigenvalue weighted by Gasteiger charge is 2.33. The van der Waals surface area contributed by atoms with Crippen molar-refractivity contribution in [3.8, 4) is 5.69 Å². The molecule has 2 aromatic heterocycles. The Balaban J connectivity index is 1.99. The third-order valence-corrected chi connectivity index (χ3v) is 5.42. The number of carbonyl (C=O) groups is 2. The van der Waals surface area contributed by atoms with Crippen LogP contribution in [0.4, 0.5) is 32.6 Å². The second kappa shape index (κ2) is 8.64. The van der Waals surface area contributed by atoms with Crippen LogP contribution in [0, 0.1) is 17.5 Å². The van der Waals surface area contributed by atoms with E-state index in [-0.39, 0.29) is 23.4 Å². The van der Waals surface area contributed by atoms with Crippen molar-refractivity contribution in [2.45, 2.75) is 25.8 Å². The van der Waals surface area contributed by atoms with E-state index in [1.807, 2.05) is 5.32 Å². The Hall–Kier alpha value is -4.03. The maximum Gasteiger partial charge on any atom is 0.323 e. The van der Waals surface area contributed by atoms with Crippen LogP contribution in [0.1, 0.15) is 24.2 Å². The van der Waals surface area contributed by atoms with Gasteiger partial charge in [0.15, 0.2) is 17.3 Å². The summed E-state index contributed by atoms with van der Waals surface area (Å²) < 4.78 is 70.2. The van der Waals surface area contributed by atoms with Crippen LogP contribution in [0.3, 0.4) is 0 Å². The summed E-state index contributed by atoms with van der Waals surface area (Å²) in [4.78, 5) is 43.3. The van der Waals surface area contributed by atoms with Gasteiger partial charge in [-0.2, -0.15) is 0 Å². The van der Waals surface area contributed by atoms with E-state index < -0.39 is 58.0 Å². The minimum Gasteiger partial charge on any atom is -0.341 e. The van der Waals surface area contributed by atoms with E-state index in [2.05, 4.69) is 10.3 Å². The van der Waals surface area contributed by atoms with Crippen LogP contribution < -0.4 is 21.0 Å².